The molecular weight excluding hydrogens is 126 g/mol. The van der Waals surface area contributed by atoms with Crippen LogP contribution in [0, 0.1) is 6.07 Å². The van der Waals surface area contributed by atoms with Gasteiger partial charge in [-0.25, -0.2) is 0 Å². The van der Waals surface area contributed by atoms with E-state index in [0.29, 0.717) is 6.61 Å². The summed E-state index contributed by atoms with van der Waals surface area (Å²) >= 11 is 0. The Morgan fingerprint density at radius 3 is 3.20 bits per heavy atom. The number of benzene rings is 1. The van der Waals surface area contributed by atoms with Crippen LogP contribution in [0.15, 0.2) is 24.3 Å². The van der Waals surface area contributed by atoms with Gasteiger partial charge in [0, 0.05) is 0 Å². The lowest BCUT2D eigenvalue weighted by Gasteiger charge is -2.02. The fourth-order valence-corrected chi connectivity index (χ4v) is 0.612. The highest BCUT2D eigenvalue weighted by Crippen LogP contribution is 2.03. The maximum atomic E-state index is 4.95. The lowest BCUT2D eigenvalue weighted by atomic mass is 10.3. The van der Waals surface area contributed by atoms with Crippen LogP contribution in [0.5, 0.6) is 0 Å². The van der Waals surface area contributed by atoms with Crippen molar-refractivity contribution in [2.24, 2.45) is 0 Å². The standard InChI is InChI=1S/C8H10NO/c1-2-10-9-8-6-4-3-5-7-8/h3-4,6-7,9H,2H2,1H3. The van der Waals surface area contributed by atoms with E-state index >= 15 is 0 Å². The normalized spacial score (nSPS) is 9.30. The first-order valence-corrected chi connectivity index (χ1v) is 3.27. The molecule has 0 heterocycles. The maximum Gasteiger partial charge on any atom is 0.0717 e. The van der Waals surface area contributed by atoms with Crippen molar-refractivity contribution >= 4 is 5.69 Å². The highest BCUT2D eigenvalue weighted by atomic mass is 16.6. The van der Waals surface area contributed by atoms with Crippen LogP contribution in [0.1, 0.15) is 6.92 Å². The SMILES string of the molecule is CCONc1c[c]ccc1. The van der Waals surface area contributed by atoms with Crippen molar-refractivity contribution in [2.45, 2.75) is 6.92 Å². The monoisotopic (exact) mass is 136 g/mol. The fraction of sp³-hybridized carbons (Fsp3) is 0.250. The molecule has 0 spiro atoms. The molecule has 53 valence electrons. The van der Waals surface area contributed by atoms with Crippen molar-refractivity contribution in [3.8, 4) is 0 Å². The van der Waals surface area contributed by atoms with Crippen LogP contribution in [0.2, 0.25) is 0 Å². The van der Waals surface area contributed by atoms with Gasteiger partial charge in [0.25, 0.3) is 0 Å². The van der Waals surface area contributed by atoms with Gasteiger partial charge < -0.3 is 0 Å². The maximum absolute atomic E-state index is 4.95. The van der Waals surface area contributed by atoms with Crippen LogP contribution in [0.4, 0.5) is 5.69 Å². The quantitative estimate of drug-likeness (QED) is 0.640. The summed E-state index contributed by atoms with van der Waals surface area (Å²) in [6.07, 6.45) is 0. The van der Waals surface area contributed by atoms with Crippen LogP contribution in [-0.4, -0.2) is 6.61 Å². The molecule has 1 aromatic carbocycles. The van der Waals surface area contributed by atoms with Crippen molar-refractivity contribution in [1.82, 2.24) is 0 Å². The third-order valence-corrected chi connectivity index (χ3v) is 1.04. The largest absolute Gasteiger partial charge is 0.276 e. The number of hydrogen-bond acceptors (Lipinski definition) is 2. The van der Waals surface area contributed by atoms with Gasteiger partial charge in [0.15, 0.2) is 0 Å². The van der Waals surface area contributed by atoms with Gasteiger partial charge in [-0.1, -0.05) is 12.1 Å². The average molecular weight is 136 g/mol. The van der Waals surface area contributed by atoms with Gasteiger partial charge in [-0.05, 0) is 25.1 Å². The molecule has 2 heteroatoms. The van der Waals surface area contributed by atoms with Crippen molar-refractivity contribution in [3.63, 3.8) is 0 Å². The van der Waals surface area contributed by atoms with E-state index in [2.05, 4.69) is 11.5 Å². The van der Waals surface area contributed by atoms with Crippen LogP contribution in [0.3, 0.4) is 0 Å². The lowest BCUT2D eigenvalue weighted by molar-refractivity contribution is 0.210. The molecule has 1 aromatic rings. The van der Waals surface area contributed by atoms with E-state index in [4.69, 9.17) is 4.84 Å². The fourth-order valence-electron chi connectivity index (χ4n) is 0.612. The van der Waals surface area contributed by atoms with Gasteiger partial charge in [0.1, 0.15) is 0 Å². The molecule has 0 unspecified atom stereocenters. The number of nitrogens with one attached hydrogen (secondary N) is 1. The van der Waals surface area contributed by atoms with Crippen LogP contribution < -0.4 is 5.48 Å². The zero-order valence-corrected chi connectivity index (χ0v) is 5.92. The van der Waals surface area contributed by atoms with E-state index in [1.165, 1.54) is 0 Å². The van der Waals surface area contributed by atoms with Crippen molar-refractivity contribution in [2.75, 3.05) is 12.1 Å². The minimum absolute atomic E-state index is 0.662. The third-order valence-electron chi connectivity index (χ3n) is 1.04. The molecule has 0 aliphatic heterocycles. The van der Waals surface area contributed by atoms with E-state index in [9.17, 15) is 0 Å². The zero-order chi connectivity index (χ0) is 7.23. The number of hydrogen-bond donors (Lipinski definition) is 1. The van der Waals surface area contributed by atoms with Gasteiger partial charge in [-0.15, -0.1) is 0 Å². The molecule has 0 aliphatic rings. The Labute approximate surface area is 60.8 Å². The Kier molecular flexibility index (Phi) is 2.77. The Morgan fingerprint density at radius 2 is 2.60 bits per heavy atom. The molecule has 0 saturated carbocycles. The molecule has 1 radical (unpaired) electrons. The summed E-state index contributed by atoms with van der Waals surface area (Å²) in [5.41, 5.74) is 3.70. The molecule has 0 bridgehead atoms. The Bertz CT molecular complexity index is 174. The van der Waals surface area contributed by atoms with E-state index in [1.807, 2.05) is 31.2 Å². The van der Waals surface area contributed by atoms with E-state index in [1.54, 1.807) is 0 Å². The molecule has 0 amide bonds. The zero-order valence-electron chi connectivity index (χ0n) is 5.92. The Balaban J connectivity index is 2.43. The molecule has 1 rings (SSSR count). The molecule has 0 saturated heterocycles. The summed E-state index contributed by atoms with van der Waals surface area (Å²) in [5.74, 6) is 0. The smallest absolute Gasteiger partial charge is 0.0717 e. The molecule has 0 aliphatic carbocycles. The summed E-state index contributed by atoms with van der Waals surface area (Å²) < 4.78 is 0. The average Bonchev–Trinajstić information content (AvgIpc) is 2.03. The topological polar surface area (TPSA) is 21.3 Å². The Hall–Kier alpha value is -1.02. The molecule has 0 aromatic heterocycles. The second kappa shape index (κ2) is 3.90. The predicted octanol–water partition coefficient (Wildman–Crippen LogP) is 1.85. The molecule has 10 heavy (non-hydrogen) atoms. The van der Waals surface area contributed by atoms with Gasteiger partial charge in [-0.2, -0.15) is 0 Å². The van der Waals surface area contributed by atoms with Crippen LogP contribution >= 0.6 is 0 Å². The molecule has 1 N–H and O–H groups in total. The summed E-state index contributed by atoms with van der Waals surface area (Å²) in [7, 11) is 0. The van der Waals surface area contributed by atoms with Crippen molar-refractivity contribution in [3.05, 3.63) is 30.3 Å². The highest BCUT2D eigenvalue weighted by molar-refractivity contribution is 5.39. The summed E-state index contributed by atoms with van der Waals surface area (Å²) in [4.78, 5) is 4.95. The number of rotatable bonds is 3. The van der Waals surface area contributed by atoms with E-state index < -0.39 is 0 Å². The minimum Gasteiger partial charge on any atom is -0.276 e. The van der Waals surface area contributed by atoms with Gasteiger partial charge in [0.05, 0.1) is 12.3 Å². The highest BCUT2D eigenvalue weighted by Gasteiger charge is 1.84. The van der Waals surface area contributed by atoms with Crippen LogP contribution in [-0.2, 0) is 4.84 Å². The first-order chi connectivity index (χ1) is 4.93. The van der Waals surface area contributed by atoms with Gasteiger partial charge in [0.2, 0.25) is 0 Å². The van der Waals surface area contributed by atoms with Crippen molar-refractivity contribution < 1.29 is 4.84 Å². The van der Waals surface area contributed by atoms with Gasteiger partial charge >= 0.3 is 0 Å². The summed E-state index contributed by atoms with van der Waals surface area (Å²) in [6, 6.07) is 10.4. The van der Waals surface area contributed by atoms with E-state index in [-0.39, 0.29) is 0 Å². The molecule has 2 nitrogen and oxygen atoms in total. The van der Waals surface area contributed by atoms with Gasteiger partial charge in [-0.3, -0.25) is 10.3 Å². The lowest BCUT2D eigenvalue weighted by Crippen LogP contribution is -1.99. The molecular formula is C8H10NO. The summed E-state index contributed by atoms with van der Waals surface area (Å²) in [5, 5.41) is 0. The molecule has 0 atom stereocenters. The summed E-state index contributed by atoms with van der Waals surface area (Å²) in [6.45, 7) is 2.59. The van der Waals surface area contributed by atoms with Crippen molar-refractivity contribution in [1.29, 1.82) is 0 Å². The van der Waals surface area contributed by atoms with Crippen LogP contribution in [0.25, 0.3) is 0 Å². The second-order valence-corrected chi connectivity index (χ2v) is 1.83. The first kappa shape index (κ1) is 7.09. The second-order valence-electron chi connectivity index (χ2n) is 1.83. The Morgan fingerprint density at radius 1 is 1.70 bits per heavy atom. The third kappa shape index (κ3) is 2.07. The molecule has 0 fully saturated rings. The first-order valence-electron chi connectivity index (χ1n) is 3.27. The number of anilines is 1. The predicted molar refractivity (Wildman–Crippen MR) is 40.5 cm³/mol. The van der Waals surface area contributed by atoms with E-state index in [0.717, 1.165) is 5.69 Å². The minimum atomic E-state index is 0.662.